The van der Waals surface area contributed by atoms with Gasteiger partial charge in [0.25, 0.3) is 0 Å². The van der Waals surface area contributed by atoms with Gasteiger partial charge in [-0.25, -0.2) is 5.01 Å². The lowest BCUT2D eigenvalue weighted by Crippen LogP contribution is -2.40. The van der Waals surface area contributed by atoms with Crippen molar-refractivity contribution < 1.29 is 14.3 Å². The Morgan fingerprint density at radius 3 is 2.62 bits per heavy atom. The molecule has 0 unspecified atom stereocenters. The number of carbonyl (C=O) groups is 2. The number of amides is 2. The lowest BCUT2D eigenvalue weighted by molar-refractivity contribution is -0.136. The number of carbonyl (C=O) groups excluding carboxylic acids is 2. The van der Waals surface area contributed by atoms with Gasteiger partial charge in [-0.2, -0.15) is 5.10 Å². The Balaban J connectivity index is 2.00. The first kappa shape index (κ1) is 18.0. The summed E-state index contributed by atoms with van der Waals surface area (Å²) < 4.78 is 5.14. The van der Waals surface area contributed by atoms with Crippen LogP contribution in [0.2, 0.25) is 0 Å². The third kappa shape index (κ3) is 5.08. The molecule has 0 aliphatic carbocycles. The highest BCUT2D eigenvalue weighted by Gasteiger charge is 2.23. The van der Waals surface area contributed by atoms with Crippen molar-refractivity contribution in [3.8, 4) is 5.75 Å². The molecular formula is C18H25N3O3. The van der Waals surface area contributed by atoms with E-state index < -0.39 is 0 Å². The molecule has 24 heavy (non-hydrogen) atoms. The zero-order valence-electron chi connectivity index (χ0n) is 14.5. The minimum Gasteiger partial charge on any atom is -0.497 e. The van der Waals surface area contributed by atoms with Gasteiger partial charge < -0.3 is 10.1 Å². The molecule has 6 heteroatoms. The van der Waals surface area contributed by atoms with E-state index >= 15 is 0 Å². The summed E-state index contributed by atoms with van der Waals surface area (Å²) in [5.74, 6) is 1.00. The number of methoxy groups -OCH3 is 1. The Labute approximate surface area is 142 Å². The highest BCUT2D eigenvalue weighted by molar-refractivity contribution is 6.04. The zero-order chi connectivity index (χ0) is 17.5. The summed E-state index contributed by atoms with van der Waals surface area (Å²) in [7, 11) is 1.62. The number of ether oxygens (including phenoxy) is 1. The Kier molecular flexibility index (Phi) is 6.35. The predicted octanol–water partition coefficient (Wildman–Crippen LogP) is 2.18. The number of nitrogens with one attached hydrogen (secondary N) is 1. The molecule has 1 N–H and O–H groups in total. The Morgan fingerprint density at radius 2 is 2.00 bits per heavy atom. The fourth-order valence-electron chi connectivity index (χ4n) is 2.41. The Hall–Kier alpha value is -2.37. The van der Waals surface area contributed by atoms with Crippen LogP contribution >= 0.6 is 0 Å². The summed E-state index contributed by atoms with van der Waals surface area (Å²) in [5.41, 5.74) is 1.75. The molecule has 0 radical (unpaired) electrons. The van der Waals surface area contributed by atoms with Gasteiger partial charge in [-0.15, -0.1) is 0 Å². The number of hydrazone groups is 1. The van der Waals surface area contributed by atoms with E-state index in [-0.39, 0.29) is 18.4 Å². The average molecular weight is 331 g/mol. The molecule has 130 valence electrons. The van der Waals surface area contributed by atoms with Gasteiger partial charge in [-0.05, 0) is 42.2 Å². The van der Waals surface area contributed by atoms with Gasteiger partial charge in [-0.1, -0.05) is 13.8 Å². The summed E-state index contributed by atoms with van der Waals surface area (Å²) in [6.07, 6.45) is 1.86. The smallest absolute Gasteiger partial charge is 0.243 e. The molecule has 0 bridgehead atoms. The molecule has 1 aromatic carbocycles. The number of benzene rings is 1. The second-order valence-corrected chi connectivity index (χ2v) is 6.26. The molecule has 6 nitrogen and oxygen atoms in total. The van der Waals surface area contributed by atoms with Crippen molar-refractivity contribution in [3.63, 3.8) is 0 Å². The first-order chi connectivity index (χ1) is 11.5. The van der Waals surface area contributed by atoms with Crippen LogP contribution in [0.1, 0.15) is 38.7 Å². The standard InChI is InChI=1S/C18H25N3O3/c1-13(2)10-11-19-17(22)12-21-18(23)9-8-16(20-21)14-4-6-15(24-3)7-5-14/h4-7,13H,8-12H2,1-3H3,(H,19,22). The molecule has 2 amide bonds. The van der Waals surface area contributed by atoms with Gasteiger partial charge in [-0.3, -0.25) is 9.59 Å². The fourth-order valence-corrected chi connectivity index (χ4v) is 2.41. The van der Waals surface area contributed by atoms with Crippen LogP contribution in [0, 0.1) is 5.92 Å². The molecule has 1 aliphatic heterocycles. The first-order valence-electron chi connectivity index (χ1n) is 8.28. The normalized spacial score (nSPS) is 14.6. The van der Waals surface area contributed by atoms with Crippen LogP contribution in [0.15, 0.2) is 29.4 Å². The lowest BCUT2D eigenvalue weighted by atomic mass is 10.0. The summed E-state index contributed by atoms with van der Waals surface area (Å²) in [6, 6.07) is 7.54. The predicted molar refractivity (Wildman–Crippen MR) is 92.9 cm³/mol. The van der Waals surface area contributed by atoms with Gasteiger partial charge in [0.05, 0.1) is 12.8 Å². The molecule has 0 atom stereocenters. The van der Waals surface area contributed by atoms with Crippen LogP contribution in [-0.4, -0.2) is 42.7 Å². The van der Waals surface area contributed by atoms with E-state index in [1.165, 1.54) is 5.01 Å². The van der Waals surface area contributed by atoms with E-state index in [9.17, 15) is 9.59 Å². The molecule has 1 heterocycles. The van der Waals surface area contributed by atoms with Crippen molar-refractivity contribution in [2.45, 2.75) is 33.1 Å². The molecule has 0 fully saturated rings. The second-order valence-electron chi connectivity index (χ2n) is 6.26. The third-order valence-corrected chi connectivity index (χ3v) is 3.87. The molecule has 0 saturated carbocycles. The summed E-state index contributed by atoms with van der Waals surface area (Å²) >= 11 is 0. The van der Waals surface area contributed by atoms with Crippen LogP contribution in [0.25, 0.3) is 0 Å². The molecule has 1 aromatic rings. The van der Waals surface area contributed by atoms with Gasteiger partial charge >= 0.3 is 0 Å². The molecule has 1 aliphatic rings. The number of rotatable bonds is 7. The van der Waals surface area contributed by atoms with Crippen molar-refractivity contribution in [2.24, 2.45) is 11.0 Å². The quantitative estimate of drug-likeness (QED) is 0.832. The molecule has 0 aromatic heterocycles. The zero-order valence-corrected chi connectivity index (χ0v) is 14.5. The highest BCUT2D eigenvalue weighted by atomic mass is 16.5. The van der Waals surface area contributed by atoms with Gasteiger partial charge in [0.15, 0.2) is 0 Å². The molecular weight excluding hydrogens is 306 g/mol. The van der Waals surface area contributed by atoms with Gasteiger partial charge in [0.2, 0.25) is 11.8 Å². The molecule has 0 saturated heterocycles. The number of hydrogen-bond acceptors (Lipinski definition) is 4. The largest absolute Gasteiger partial charge is 0.497 e. The van der Waals surface area contributed by atoms with E-state index in [4.69, 9.17) is 4.74 Å². The minimum absolute atomic E-state index is 0.0312. The van der Waals surface area contributed by atoms with E-state index in [2.05, 4.69) is 24.3 Å². The van der Waals surface area contributed by atoms with Crippen molar-refractivity contribution in [1.29, 1.82) is 0 Å². The number of hydrogen-bond donors (Lipinski definition) is 1. The molecule has 2 rings (SSSR count). The minimum atomic E-state index is -0.177. The average Bonchev–Trinajstić information content (AvgIpc) is 2.56. The lowest BCUT2D eigenvalue weighted by Gasteiger charge is -2.23. The van der Waals surface area contributed by atoms with E-state index in [0.717, 1.165) is 23.4 Å². The van der Waals surface area contributed by atoms with Crippen LogP contribution in [0.5, 0.6) is 5.75 Å². The van der Waals surface area contributed by atoms with Crippen LogP contribution in [-0.2, 0) is 9.59 Å². The summed E-state index contributed by atoms with van der Waals surface area (Å²) in [4.78, 5) is 24.0. The summed E-state index contributed by atoms with van der Waals surface area (Å²) in [5, 5.41) is 8.48. The Bertz CT molecular complexity index is 608. The van der Waals surface area contributed by atoms with Crippen molar-refractivity contribution in [1.82, 2.24) is 10.3 Å². The summed E-state index contributed by atoms with van der Waals surface area (Å²) in [6.45, 7) is 4.79. The van der Waals surface area contributed by atoms with E-state index in [1.807, 2.05) is 24.3 Å². The van der Waals surface area contributed by atoms with Crippen molar-refractivity contribution in [2.75, 3.05) is 20.2 Å². The third-order valence-electron chi connectivity index (χ3n) is 3.87. The van der Waals surface area contributed by atoms with Crippen molar-refractivity contribution >= 4 is 17.5 Å². The first-order valence-corrected chi connectivity index (χ1v) is 8.28. The van der Waals surface area contributed by atoms with E-state index in [0.29, 0.717) is 25.3 Å². The second kappa shape index (κ2) is 8.47. The van der Waals surface area contributed by atoms with Gasteiger partial charge in [0.1, 0.15) is 12.3 Å². The maximum atomic E-state index is 12.0. The highest BCUT2D eigenvalue weighted by Crippen LogP contribution is 2.18. The monoisotopic (exact) mass is 331 g/mol. The van der Waals surface area contributed by atoms with Gasteiger partial charge in [0, 0.05) is 19.4 Å². The fraction of sp³-hybridized carbons (Fsp3) is 0.500. The number of nitrogens with zero attached hydrogens (tertiary/aromatic N) is 2. The van der Waals surface area contributed by atoms with Crippen LogP contribution < -0.4 is 10.1 Å². The van der Waals surface area contributed by atoms with E-state index in [1.54, 1.807) is 7.11 Å². The molecule has 0 spiro atoms. The Morgan fingerprint density at radius 1 is 1.29 bits per heavy atom. The van der Waals surface area contributed by atoms with Crippen molar-refractivity contribution in [3.05, 3.63) is 29.8 Å². The van der Waals surface area contributed by atoms with Crippen LogP contribution in [0.3, 0.4) is 0 Å². The SMILES string of the molecule is COc1ccc(C2=NN(CC(=O)NCCC(C)C)C(=O)CC2)cc1. The maximum Gasteiger partial charge on any atom is 0.243 e. The van der Waals surface area contributed by atoms with Crippen LogP contribution in [0.4, 0.5) is 0 Å². The maximum absolute atomic E-state index is 12.0. The topological polar surface area (TPSA) is 71.0 Å².